The van der Waals surface area contributed by atoms with E-state index in [9.17, 15) is 36.4 Å². The molecule has 0 radical (unpaired) electrons. The van der Waals surface area contributed by atoms with Crippen LogP contribution in [0.1, 0.15) is 65.2 Å². The van der Waals surface area contributed by atoms with Crippen LogP contribution in [-0.4, -0.2) is 79.2 Å². The molecule has 1 N–H and O–H groups in total. The second kappa shape index (κ2) is 11.5. The Labute approximate surface area is 230 Å². The molecule has 0 spiro atoms. The lowest BCUT2D eigenvalue weighted by Crippen LogP contribution is -2.46. The van der Waals surface area contributed by atoms with Gasteiger partial charge in [0.2, 0.25) is 0 Å². The Balaban J connectivity index is 1.32. The van der Waals surface area contributed by atoms with Crippen LogP contribution in [0, 0.1) is 23.7 Å². The highest BCUT2D eigenvalue weighted by molar-refractivity contribution is 7.86. The molecule has 0 aromatic carbocycles. The fourth-order valence-electron chi connectivity index (χ4n) is 6.58. The average molecular weight is 597 g/mol. The summed E-state index contributed by atoms with van der Waals surface area (Å²) in [5.41, 5.74) is -0.547. The van der Waals surface area contributed by atoms with E-state index in [4.69, 9.17) is 23.5 Å². The predicted molar refractivity (Wildman–Crippen MR) is 128 cm³/mol. The molecule has 15 heteroatoms. The van der Waals surface area contributed by atoms with Crippen LogP contribution < -0.4 is 0 Å². The van der Waals surface area contributed by atoms with Crippen LogP contribution in [0.15, 0.2) is 0 Å². The Kier molecular flexibility index (Phi) is 8.77. The molecule has 1 aliphatic heterocycles. The van der Waals surface area contributed by atoms with Gasteiger partial charge in [-0.25, -0.2) is 9.59 Å². The first kappa shape index (κ1) is 30.6. The van der Waals surface area contributed by atoms with E-state index >= 15 is 0 Å². The molecule has 3 saturated carbocycles. The van der Waals surface area contributed by atoms with E-state index in [2.05, 4.69) is 11.7 Å². The molecule has 12 nitrogen and oxygen atoms in total. The molecule has 7 atom stereocenters. The van der Waals surface area contributed by atoms with Crippen molar-refractivity contribution in [2.45, 2.75) is 94.4 Å². The third kappa shape index (κ3) is 5.82. The van der Waals surface area contributed by atoms with E-state index in [1.165, 1.54) is 0 Å². The van der Waals surface area contributed by atoms with Gasteiger partial charge in [0.25, 0.3) is 0 Å². The Bertz CT molecular complexity index is 1120. The molecule has 4 aliphatic rings. The molecule has 2 bridgehead atoms. The van der Waals surface area contributed by atoms with Crippen LogP contribution in [0.25, 0.3) is 0 Å². The van der Waals surface area contributed by atoms with Crippen molar-refractivity contribution < 1.29 is 64.6 Å². The Morgan fingerprint density at radius 2 is 1.80 bits per heavy atom. The molecule has 0 aromatic rings. The van der Waals surface area contributed by atoms with E-state index in [0.717, 1.165) is 44.9 Å². The molecule has 4 rings (SSSR count). The predicted octanol–water partition coefficient (Wildman–Crippen LogP) is 2.18. The number of carbonyl (C=O) groups is 4. The van der Waals surface area contributed by atoms with Crippen molar-refractivity contribution in [3.63, 3.8) is 0 Å². The molecular weight excluding hydrogens is 562 g/mol. The highest BCUT2D eigenvalue weighted by Gasteiger charge is 2.70. The summed E-state index contributed by atoms with van der Waals surface area (Å²) in [6.07, 6.45) is 2.34. The molecule has 1 heterocycles. The van der Waals surface area contributed by atoms with Gasteiger partial charge in [0, 0.05) is 11.8 Å². The SMILES string of the molecule is CCCCC1(OC(=O)C2C3CC4C(OC(=O)C42)C3OC(=O)COCC(=O)OC(C)C(F)(F)S(=O)(=O)O)CCCC1. The number of unbranched alkanes of at least 4 members (excludes halogenated alkanes) is 1. The normalized spacial score (nSPS) is 31.1. The number of esters is 4. The van der Waals surface area contributed by atoms with Gasteiger partial charge < -0.3 is 23.7 Å². The maximum absolute atomic E-state index is 13.5. The van der Waals surface area contributed by atoms with Crippen molar-refractivity contribution in [3.8, 4) is 0 Å². The van der Waals surface area contributed by atoms with E-state index in [1.54, 1.807) is 0 Å². The molecule has 0 amide bonds. The number of carbonyl (C=O) groups excluding carboxylic acids is 4. The smallest absolute Gasteiger partial charge is 0.405 e. The van der Waals surface area contributed by atoms with Gasteiger partial charge in [0.05, 0.1) is 11.8 Å². The summed E-state index contributed by atoms with van der Waals surface area (Å²) in [5, 5.41) is -4.74. The minimum Gasteiger partial charge on any atom is -0.459 e. The fourth-order valence-corrected chi connectivity index (χ4v) is 7.05. The minimum atomic E-state index is -5.83. The van der Waals surface area contributed by atoms with Crippen LogP contribution in [0.4, 0.5) is 8.78 Å². The van der Waals surface area contributed by atoms with E-state index in [1.807, 2.05) is 0 Å². The maximum atomic E-state index is 13.5. The Morgan fingerprint density at radius 3 is 2.42 bits per heavy atom. The van der Waals surface area contributed by atoms with Crippen LogP contribution in [0.2, 0.25) is 0 Å². The zero-order valence-electron chi connectivity index (χ0n) is 22.2. The second-order valence-corrected chi connectivity index (χ2v) is 12.5. The van der Waals surface area contributed by atoms with Gasteiger partial charge in [-0.2, -0.15) is 17.2 Å². The lowest BCUT2D eigenvalue weighted by Gasteiger charge is -2.34. The van der Waals surface area contributed by atoms with Gasteiger partial charge in [-0.3, -0.25) is 14.1 Å². The quantitative estimate of drug-likeness (QED) is 0.187. The van der Waals surface area contributed by atoms with Gasteiger partial charge in [-0.1, -0.05) is 13.3 Å². The second-order valence-electron chi connectivity index (χ2n) is 11.0. The lowest BCUT2D eigenvalue weighted by atomic mass is 9.78. The molecule has 1 saturated heterocycles. The standard InChI is InChI=1S/C25H34F2O12S/c1-3-4-7-24(8-5-6-9-24)39-23(31)19-15-10-14-18(19)22(30)38-21(14)20(15)37-17(29)12-35-11-16(28)36-13(2)25(26,27)40(32,33)34/h13-15,18-21H,3-12H2,1-2H3,(H,32,33,34). The maximum Gasteiger partial charge on any atom is 0.405 e. The summed E-state index contributed by atoms with van der Waals surface area (Å²) in [4.78, 5) is 50.3. The Morgan fingerprint density at radius 1 is 1.15 bits per heavy atom. The van der Waals surface area contributed by atoms with Gasteiger partial charge in [0.1, 0.15) is 31.0 Å². The third-order valence-electron chi connectivity index (χ3n) is 8.47. The van der Waals surface area contributed by atoms with E-state index < -0.39 is 94.1 Å². The van der Waals surface area contributed by atoms with Gasteiger partial charge in [-0.05, 0) is 51.9 Å². The summed E-state index contributed by atoms with van der Waals surface area (Å²) in [5.74, 6) is -5.64. The van der Waals surface area contributed by atoms with E-state index in [0.29, 0.717) is 13.3 Å². The molecule has 40 heavy (non-hydrogen) atoms. The number of alkyl halides is 2. The van der Waals surface area contributed by atoms with Crippen LogP contribution in [0.3, 0.4) is 0 Å². The summed E-state index contributed by atoms with van der Waals surface area (Å²) in [7, 11) is -5.83. The first-order valence-corrected chi connectivity index (χ1v) is 14.9. The molecule has 4 fully saturated rings. The van der Waals surface area contributed by atoms with Crippen molar-refractivity contribution >= 4 is 34.0 Å². The van der Waals surface area contributed by atoms with Crippen molar-refractivity contribution in [2.24, 2.45) is 23.7 Å². The summed E-state index contributed by atoms with van der Waals surface area (Å²) < 4.78 is 83.2. The van der Waals surface area contributed by atoms with Crippen molar-refractivity contribution in [3.05, 3.63) is 0 Å². The van der Waals surface area contributed by atoms with Gasteiger partial charge in [-0.15, -0.1) is 0 Å². The van der Waals surface area contributed by atoms with Crippen molar-refractivity contribution in [2.75, 3.05) is 13.2 Å². The van der Waals surface area contributed by atoms with Crippen molar-refractivity contribution in [1.82, 2.24) is 0 Å². The number of rotatable bonds is 13. The zero-order valence-corrected chi connectivity index (χ0v) is 23.0. The molecular formula is C25H34F2O12S. The zero-order chi connectivity index (χ0) is 29.5. The number of hydrogen-bond donors (Lipinski definition) is 1. The van der Waals surface area contributed by atoms with Crippen LogP contribution >= 0.6 is 0 Å². The molecule has 0 aromatic heterocycles. The first-order chi connectivity index (χ1) is 18.7. The fraction of sp³-hybridized carbons (Fsp3) is 0.840. The third-order valence-corrected chi connectivity index (χ3v) is 9.49. The van der Waals surface area contributed by atoms with Gasteiger partial charge >= 0.3 is 39.2 Å². The van der Waals surface area contributed by atoms with Crippen LogP contribution in [-0.2, 0) is 53.0 Å². The Hall–Kier alpha value is -2.39. The number of halogens is 2. The van der Waals surface area contributed by atoms with Crippen LogP contribution in [0.5, 0.6) is 0 Å². The number of hydrogen-bond acceptors (Lipinski definition) is 11. The lowest BCUT2D eigenvalue weighted by molar-refractivity contribution is -0.178. The largest absolute Gasteiger partial charge is 0.459 e. The highest BCUT2D eigenvalue weighted by Crippen LogP contribution is 2.59. The summed E-state index contributed by atoms with van der Waals surface area (Å²) in [6.45, 7) is 0.826. The summed E-state index contributed by atoms with van der Waals surface area (Å²) >= 11 is 0. The monoisotopic (exact) mass is 596 g/mol. The molecule has 226 valence electrons. The first-order valence-electron chi connectivity index (χ1n) is 13.5. The van der Waals surface area contributed by atoms with Gasteiger partial charge in [0.15, 0.2) is 6.10 Å². The average Bonchev–Trinajstić information content (AvgIpc) is 3.60. The number of fused-ring (bicyclic) bond motifs is 1. The molecule has 3 aliphatic carbocycles. The highest BCUT2D eigenvalue weighted by atomic mass is 32.2. The number of ether oxygens (including phenoxy) is 5. The minimum absolute atomic E-state index is 0.301. The van der Waals surface area contributed by atoms with E-state index in [-0.39, 0.29) is 5.92 Å². The molecule has 7 unspecified atom stereocenters. The summed E-state index contributed by atoms with van der Waals surface area (Å²) in [6, 6.07) is 0. The van der Waals surface area contributed by atoms with Crippen molar-refractivity contribution in [1.29, 1.82) is 0 Å². The topological polar surface area (TPSA) is 169 Å².